The van der Waals surface area contributed by atoms with Gasteiger partial charge in [0.05, 0.1) is 0 Å². The van der Waals surface area contributed by atoms with Crippen LogP contribution >= 0.6 is 11.6 Å². The first-order valence-corrected chi connectivity index (χ1v) is 6.56. The van der Waals surface area contributed by atoms with Gasteiger partial charge in [0.15, 0.2) is 0 Å². The van der Waals surface area contributed by atoms with Crippen molar-refractivity contribution in [2.24, 2.45) is 0 Å². The number of nitrogens with one attached hydrogen (secondary N) is 2. The molecule has 1 aromatic carbocycles. The number of aromatic nitrogens is 2. The number of nitrogens with zero attached hydrogens (tertiary/aromatic N) is 2. The average molecular weight is 277 g/mol. The van der Waals surface area contributed by atoms with E-state index >= 15 is 0 Å². The van der Waals surface area contributed by atoms with Crippen molar-refractivity contribution >= 4 is 29.1 Å². The summed E-state index contributed by atoms with van der Waals surface area (Å²) in [5, 5.41) is 7.14. The van der Waals surface area contributed by atoms with Crippen LogP contribution in [0.5, 0.6) is 0 Å². The van der Waals surface area contributed by atoms with Crippen LogP contribution in [-0.2, 0) is 0 Å². The van der Waals surface area contributed by atoms with Crippen LogP contribution < -0.4 is 10.6 Å². The molecule has 0 spiro atoms. The SMILES string of the molecule is Cc1c(Cl)cccc1Nc1nccc(NC(C)C)n1. The molecule has 2 aromatic rings. The van der Waals surface area contributed by atoms with Crippen molar-refractivity contribution in [3.8, 4) is 0 Å². The Morgan fingerprint density at radius 2 is 2.00 bits per heavy atom. The second kappa shape index (κ2) is 5.89. The van der Waals surface area contributed by atoms with Crippen LogP contribution in [-0.4, -0.2) is 16.0 Å². The van der Waals surface area contributed by atoms with Gasteiger partial charge in [0.1, 0.15) is 5.82 Å². The Hall–Kier alpha value is -1.81. The molecule has 0 aliphatic carbocycles. The summed E-state index contributed by atoms with van der Waals surface area (Å²) in [6, 6.07) is 7.88. The first kappa shape index (κ1) is 13.6. The zero-order chi connectivity index (χ0) is 13.8. The Kier molecular flexibility index (Phi) is 4.22. The van der Waals surface area contributed by atoms with E-state index < -0.39 is 0 Å². The van der Waals surface area contributed by atoms with Crippen LogP contribution in [0.25, 0.3) is 0 Å². The fourth-order valence-electron chi connectivity index (χ4n) is 1.66. The molecule has 0 radical (unpaired) electrons. The molecular weight excluding hydrogens is 260 g/mol. The molecule has 0 saturated heterocycles. The Bertz CT molecular complexity index is 569. The van der Waals surface area contributed by atoms with Gasteiger partial charge >= 0.3 is 0 Å². The van der Waals surface area contributed by atoms with Crippen molar-refractivity contribution in [2.45, 2.75) is 26.8 Å². The van der Waals surface area contributed by atoms with Crippen molar-refractivity contribution < 1.29 is 0 Å². The molecule has 0 saturated carbocycles. The molecule has 5 heteroatoms. The largest absolute Gasteiger partial charge is 0.368 e. The minimum atomic E-state index is 0.329. The third-order valence-corrected chi connectivity index (χ3v) is 3.02. The van der Waals surface area contributed by atoms with E-state index in [2.05, 4.69) is 34.4 Å². The highest BCUT2D eigenvalue weighted by Crippen LogP contribution is 2.25. The lowest BCUT2D eigenvalue weighted by Crippen LogP contribution is -2.11. The monoisotopic (exact) mass is 276 g/mol. The molecule has 0 unspecified atom stereocenters. The van der Waals surface area contributed by atoms with Gasteiger partial charge in [-0.3, -0.25) is 0 Å². The Balaban J connectivity index is 2.21. The van der Waals surface area contributed by atoms with Crippen LogP contribution in [0, 0.1) is 6.92 Å². The van der Waals surface area contributed by atoms with E-state index in [0.717, 1.165) is 22.1 Å². The predicted octanol–water partition coefficient (Wildman–Crippen LogP) is 4.00. The molecule has 1 heterocycles. The van der Waals surface area contributed by atoms with Gasteiger partial charge in [0.25, 0.3) is 0 Å². The lowest BCUT2D eigenvalue weighted by atomic mass is 10.2. The summed E-state index contributed by atoms with van der Waals surface area (Å²) in [7, 11) is 0. The van der Waals surface area contributed by atoms with Crippen LogP contribution in [0.3, 0.4) is 0 Å². The molecule has 2 N–H and O–H groups in total. The van der Waals surface area contributed by atoms with Gasteiger partial charge in [-0.2, -0.15) is 4.98 Å². The van der Waals surface area contributed by atoms with E-state index in [-0.39, 0.29) is 0 Å². The first-order valence-electron chi connectivity index (χ1n) is 6.18. The first-order chi connectivity index (χ1) is 9.06. The van der Waals surface area contributed by atoms with Gasteiger partial charge < -0.3 is 10.6 Å². The summed E-state index contributed by atoms with van der Waals surface area (Å²) in [5.41, 5.74) is 1.89. The average Bonchev–Trinajstić information content (AvgIpc) is 2.35. The van der Waals surface area contributed by atoms with E-state index in [1.165, 1.54) is 0 Å². The number of hydrogen-bond acceptors (Lipinski definition) is 4. The third-order valence-electron chi connectivity index (χ3n) is 2.61. The Morgan fingerprint density at radius 1 is 1.21 bits per heavy atom. The molecular formula is C14H17ClN4. The number of benzene rings is 1. The molecule has 0 atom stereocenters. The smallest absolute Gasteiger partial charge is 0.229 e. The summed E-state index contributed by atoms with van der Waals surface area (Å²) in [5.74, 6) is 1.35. The quantitative estimate of drug-likeness (QED) is 0.886. The number of anilines is 3. The third kappa shape index (κ3) is 3.58. The highest BCUT2D eigenvalue weighted by atomic mass is 35.5. The maximum Gasteiger partial charge on any atom is 0.229 e. The van der Waals surface area contributed by atoms with Gasteiger partial charge in [0.2, 0.25) is 5.95 Å². The molecule has 0 fully saturated rings. The topological polar surface area (TPSA) is 49.8 Å². The van der Waals surface area contributed by atoms with E-state index in [9.17, 15) is 0 Å². The molecule has 1 aromatic heterocycles. The van der Waals surface area contributed by atoms with Crippen molar-refractivity contribution in [2.75, 3.05) is 10.6 Å². The van der Waals surface area contributed by atoms with Gasteiger partial charge in [0, 0.05) is 22.9 Å². The maximum atomic E-state index is 6.09. The summed E-state index contributed by atoms with van der Waals surface area (Å²) in [6.07, 6.45) is 1.72. The summed E-state index contributed by atoms with van der Waals surface area (Å²) >= 11 is 6.09. The van der Waals surface area contributed by atoms with Crippen molar-refractivity contribution in [1.29, 1.82) is 0 Å². The number of halogens is 1. The standard InChI is InChI=1S/C14H17ClN4/c1-9(2)17-13-7-8-16-14(19-13)18-12-6-4-5-11(15)10(12)3/h4-9H,1-3H3,(H2,16,17,18,19). The highest BCUT2D eigenvalue weighted by Gasteiger charge is 2.05. The van der Waals surface area contributed by atoms with Gasteiger partial charge in [-0.05, 0) is 44.5 Å². The van der Waals surface area contributed by atoms with E-state index in [0.29, 0.717) is 12.0 Å². The van der Waals surface area contributed by atoms with Crippen LogP contribution in [0.15, 0.2) is 30.5 Å². The zero-order valence-corrected chi connectivity index (χ0v) is 12.0. The molecule has 100 valence electrons. The van der Waals surface area contributed by atoms with Crippen molar-refractivity contribution in [3.05, 3.63) is 41.0 Å². The molecule has 0 bridgehead atoms. The fourth-order valence-corrected chi connectivity index (χ4v) is 1.83. The highest BCUT2D eigenvalue weighted by molar-refractivity contribution is 6.31. The number of rotatable bonds is 4. The van der Waals surface area contributed by atoms with E-state index in [4.69, 9.17) is 11.6 Å². The van der Waals surface area contributed by atoms with E-state index in [1.54, 1.807) is 6.20 Å². The Morgan fingerprint density at radius 3 is 2.74 bits per heavy atom. The van der Waals surface area contributed by atoms with Gasteiger partial charge in [-0.1, -0.05) is 17.7 Å². The van der Waals surface area contributed by atoms with Crippen LogP contribution in [0.4, 0.5) is 17.5 Å². The summed E-state index contributed by atoms with van der Waals surface area (Å²) in [6.45, 7) is 6.09. The van der Waals surface area contributed by atoms with Crippen LogP contribution in [0.1, 0.15) is 19.4 Å². The summed E-state index contributed by atoms with van der Waals surface area (Å²) < 4.78 is 0. The predicted molar refractivity (Wildman–Crippen MR) is 80.3 cm³/mol. The summed E-state index contributed by atoms with van der Waals surface area (Å²) in [4.78, 5) is 8.61. The molecule has 0 aliphatic rings. The maximum absolute atomic E-state index is 6.09. The van der Waals surface area contributed by atoms with Gasteiger partial charge in [-0.25, -0.2) is 4.98 Å². The molecule has 0 aliphatic heterocycles. The van der Waals surface area contributed by atoms with Gasteiger partial charge in [-0.15, -0.1) is 0 Å². The van der Waals surface area contributed by atoms with E-state index in [1.807, 2.05) is 31.2 Å². The second-order valence-electron chi connectivity index (χ2n) is 4.60. The molecule has 19 heavy (non-hydrogen) atoms. The van der Waals surface area contributed by atoms with Crippen LogP contribution in [0.2, 0.25) is 5.02 Å². The normalized spacial score (nSPS) is 10.6. The number of hydrogen-bond donors (Lipinski definition) is 2. The lowest BCUT2D eigenvalue weighted by molar-refractivity contribution is 0.887. The molecule has 4 nitrogen and oxygen atoms in total. The molecule has 2 rings (SSSR count). The minimum Gasteiger partial charge on any atom is -0.368 e. The zero-order valence-electron chi connectivity index (χ0n) is 11.2. The lowest BCUT2D eigenvalue weighted by Gasteiger charge is -2.12. The molecule has 0 amide bonds. The van der Waals surface area contributed by atoms with Crippen molar-refractivity contribution in [3.63, 3.8) is 0 Å². The fraction of sp³-hybridized carbons (Fsp3) is 0.286. The Labute approximate surface area is 118 Å². The minimum absolute atomic E-state index is 0.329. The second-order valence-corrected chi connectivity index (χ2v) is 5.01. The van der Waals surface area contributed by atoms with Crippen molar-refractivity contribution in [1.82, 2.24) is 9.97 Å².